The molecule has 0 radical (unpaired) electrons. The lowest BCUT2D eigenvalue weighted by Gasteiger charge is -1.99. The molecule has 0 heterocycles. The molecular weight excluding hydrogens is 224 g/mol. The summed E-state index contributed by atoms with van der Waals surface area (Å²) in [6, 6.07) is 4.59. The van der Waals surface area contributed by atoms with Crippen molar-refractivity contribution < 1.29 is 14.7 Å². The Bertz CT molecular complexity index is 424. The third-order valence-electron chi connectivity index (χ3n) is 1.88. The van der Waals surface area contributed by atoms with Crippen molar-refractivity contribution in [3.63, 3.8) is 0 Å². The van der Waals surface area contributed by atoms with Gasteiger partial charge in [-0.3, -0.25) is 9.59 Å². The van der Waals surface area contributed by atoms with E-state index in [0.717, 1.165) is 5.56 Å². The number of aldehydes is 1. The number of hydrogen-bond acceptors (Lipinski definition) is 4. The number of benzene rings is 1. The van der Waals surface area contributed by atoms with Gasteiger partial charge in [0.05, 0.1) is 0 Å². The van der Waals surface area contributed by atoms with Gasteiger partial charge in [0.15, 0.2) is 11.4 Å². The van der Waals surface area contributed by atoms with Crippen molar-refractivity contribution in [1.29, 1.82) is 0 Å². The molecule has 0 amide bonds. The van der Waals surface area contributed by atoms with E-state index in [1.807, 2.05) is 6.08 Å². The third-order valence-corrected chi connectivity index (χ3v) is 2.64. The van der Waals surface area contributed by atoms with Crippen LogP contribution in [0.5, 0.6) is 5.75 Å². The molecule has 0 bridgehead atoms. The first-order valence-corrected chi connectivity index (χ1v) is 5.70. The molecule has 0 aliphatic carbocycles. The topological polar surface area (TPSA) is 54.4 Å². The second-order valence-electron chi connectivity index (χ2n) is 3.14. The summed E-state index contributed by atoms with van der Waals surface area (Å²) in [6.45, 7) is 1.51. The van der Waals surface area contributed by atoms with Gasteiger partial charge in [-0.1, -0.05) is 30.0 Å². The summed E-state index contributed by atoms with van der Waals surface area (Å²) >= 11 is 1.20. The minimum Gasteiger partial charge on any atom is -0.508 e. The Hall–Kier alpha value is -1.55. The van der Waals surface area contributed by atoms with E-state index in [0.29, 0.717) is 17.6 Å². The second-order valence-corrected chi connectivity index (χ2v) is 4.33. The fourth-order valence-corrected chi connectivity index (χ4v) is 1.58. The summed E-state index contributed by atoms with van der Waals surface area (Å²) in [5.74, 6) is 0.645. The number of phenolic OH excluding ortho intramolecular Hbond substituents is 1. The Labute approximate surface area is 98.2 Å². The summed E-state index contributed by atoms with van der Waals surface area (Å²) < 4.78 is 0. The predicted octanol–water partition coefficient (Wildman–Crippen LogP) is 2.50. The van der Waals surface area contributed by atoms with Crippen molar-refractivity contribution >= 4 is 29.2 Å². The van der Waals surface area contributed by atoms with Gasteiger partial charge in [-0.05, 0) is 17.7 Å². The molecule has 0 atom stereocenters. The van der Waals surface area contributed by atoms with E-state index in [1.54, 1.807) is 12.1 Å². The Morgan fingerprint density at radius 3 is 2.81 bits per heavy atom. The summed E-state index contributed by atoms with van der Waals surface area (Å²) in [7, 11) is 0. The summed E-state index contributed by atoms with van der Waals surface area (Å²) in [5, 5.41) is 9.24. The van der Waals surface area contributed by atoms with Gasteiger partial charge in [0.25, 0.3) is 0 Å². The smallest absolute Gasteiger partial charge is 0.186 e. The highest BCUT2D eigenvalue weighted by Gasteiger charge is 1.99. The molecule has 0 spiro atoms. The maximum atomic E-state index is 10.7. The molecular formula is C12H12O3S. The van der Waals surface area contributed by atoms with E-state index >= 15 is 0 Å². The zero-order valence-corrected chi connectivity index (χ0v) is 9.66. The fourth-order valence-electron chi connectivity index (χ4n) is 1.16. The zero-order chi connectivity index (χ0) is 12.0. The third kappa shape index (κ3) is 3.90. The van der Waals surface area contributed by atoms with E-state index in [4.69, 9.17) is 0 Å². The largest absolute Gasteiger partial charge is 0.508 e. The number of carbonyl (C=O) groups is 2. The van der Waals surface area contributed by atoms with Crippen molar-refractivity contribution in [1.82, 2.24) is 0 Å². The molecule has 0 aliphatic rings. The SMILES string of the molecule is CC(=O)SCC=Cc1ccc(O)cc1C=O. The Kier molecular flexibility index (Phi) is 4.79. The minimum atomic E-state index is 0.0611. The van der Waals surface area contributed by atoms with Crippen LogP contribution >= 0.6 is 11.8 Å². The number of rotatable bonds is 4. The van der Waals surface area contributed by atoms with E-state index in [9.17, 15) is 14.7 Å². The average molecular weight is 236 g/mol. The summed E-state index contributed by atoms with van der Waals surface area (Å²) in [5.41, 5.74) is 1.17. The molecule has 1 rings (SSSR count). The highest BCUT2D eigenvalue weighted by molar-refractivity contribution is 8.13. The van der Waals surface area contributed by atoms with Gasteiger partial charge in [0.2, 0.25) is 0 Å². The van der Waals surface area contributed by atoms with Gasteiger partial charge in [0.1, 0.15) is 5.75 Å². The molecule has 0 saturated heterocycles. The molecule has 0 unspecified atom stereocenters. The first-order chi connectivity index (χ1) is 7.63. The van der Waals surface area contributed by atoms with Crippen LogP contribution in [0.25, 0.3) is 6.08 Å². The lowest BCUT2D eigenvalue weighted by atomic mass is 10.1. The van der Waals surface area contributed by atoms with Gasteiger partial charge in [-0.2, -0.15) is 0 Å². The van der Waals surface area contributed by atoms with Crippen LogP contribution in [-0.4, -0.2) is 22.3 Å². The number of thioether (sulfide) groups is 1. The van der Waals surface area contributed by atoms with Crippen LogP contribution in [0.3, 0.4) is 0 Å². The Balaban J connectivity index is 2.72. The molecule has 4 heteroatoms. The van der Waals surface area contributed by atoms with Crippen LogP contribution < -0.4 is 0 Å². The fraction of sp³-hybridized carbons (Fsp3) is 0.167. The molecule has 1 aromatic carbocycles. The average Bonchev–Trinajstić information content (AvgIpc) is 2.25. The van der Waals surface area contributed by atoms with E-state index in [2.05, 4.69) is 0 Å². The van der Waals surface area contributed by atoms with Crippen LogP contribution in [0, 0.1) is 0 Å². The molecule has 0 aliphatic heterocycles. The van der Waals surface area contributed by atoms with Gasteiger partial charge in [-0.15, -0.1) is 0 Å². The molecule has 84 valence electrons. The lowest BCUT2D eigenvalue weighted by molar-refractivity contribution is -0.109. The molecule has 0 fully saturated rings. The van der Waals surface area contributed by atoms with Gasteiger partial charge < -0.3 is 5.11 Å². The van der Waals surface area contributed by atoms with Gasteiger partial charge >= 0.3 is 0 Å². The molecule has 0 saturated carbocycles. The molecule has 0 aromatic heterocycles. The van der Waals surface area contributed by atoms with Crippen LogP contribution in [0.2, 0.25) is 0 Å². The van der Waals surface area contributed by atoms with Crippen molar-refractivity contribution in [2.75, 3.05) is 5.75 Å². The van der Waals surface area contributed by atoms with Crippen molar-refractivity contribution in [2.24, 2.45) is 0 Å². The van der Waals surface area contributed by atoms with Crippen LogP contribution in [0.4, 0.5) is 0 Å². The Morgan fingerprint density at radius 2 is 2.19 bits per heavy atom. The van der Waals surface area contributed by atoms with Gasteiger partial charge in [-0.25, -0.2) is 0 Å². The first kappa shape index (κ1) is 12.5. The number of aromatic hydroxyl groups is 1. The van der Waals surface area contributed by atoms with E-state index < -0.39 is 0 Å². The lowest BCUT2D eigenvalue weighted by Crippen LogP contribution is -1.86. The molecule has 1 aromatic rings. The molecule has 3 nitrogen and oxygen atoms in total. The minimum absolute atomic E-state index is 0.0611. The number of phenols is 1. The normalized spacial score (nSPS) is 10.6. The quantitative estimate of drug-likeness (QED) is 0.816. The monoisotopic (exact) mass is 236 g/mol. The molecule has 16 heavy (non-hydrogen) atoms. The standard InChI is InChI=1S/C12H12O3S/c1-9(14)16-6-2-3-10-4-5-12(15)7-11(10)8-13/h2-5,7-8,15H,6H2,1H3. The number of hydrogen-bond donors (Lipinski definition) is 1. The maximum absolute atomic E-state index is 10.7. The van der Waals surface area contributed by atoms with Crippen molar-refractivity contribution in [3.05, 3.63) is 35.4 Å². The maximum Gasteiger partial charge on any atom is 0.186 e. The number of carbonyl (C=O) groups excluding carboxylic acids is 2. The van der Waals surface area contributed by atoms with Crippen LogP contribution in [0.15, 0.2) is 24.3 Å². The van der Waals surface area contributed by atoms with E-state index in [-0.39, 0.29) is 10.9 Å². The van der Waals surface area contributed by atoms with Crippen molar-refractivity contribution in [3.8, 4) is 5.75 Å². The summed E-state index contributed by atoms with van der Waals surface area (Å²) in [4.78, 5) is 21.4. The highest BCUT2D eigenvalue weighted by Crippen LogP contribution is 2.16. The van der Waals surface area contributed by atoms with Gasteiger partial charge in [0, 0.05) is 18.2 Å². The zero-order valence-electron chi connectivity index (χ0n) is 8.84. The van der Waals surface area contributed by atoms with Crippen LogP contribution in [-0.2, 0) is 4.79 Å². The Morgan fingerprint density at radius 1 is 1.44 bits per heavy atom. The second kappa shape index (κ2) is 6.12. The molecule has 1 N–H and O–H groups in total. The highest BCUT2D eigenvalue weighted by atomic mass is 32.2. The van der Waals surface area contributed by atoms with Crippen molar-refractivity contribution in [2.45, 2.75) is 6.92 Å². The van der Waals surface area contributed by atoms with Crippen LogP contribution in [0.1, 0.15) is 22.8 Å². The summed E-state index contributed by atoms with van der Waals surface area (Å²) in [6.07, 6.45) is 4.27. The first-order valence-electron chi connectivity index (χ1n) is 4.71. The predicted molar refractivity (Wildman–Crippen MR) is 65.7 cm³/mol. The van der Waals surface area contributed by atoms with E-state index in [1.165, 1.54) is 30.8 Å².